The van der Waals surface area contributed by atoms with E-state index < -0.39 is 0 Å². The van der Waals surface area contributed by atoms with Gasteiger partial charge in [0.1, 0.15) is 17.5 Å². The lowest BCUT2D eigenvalue weighted by Gasteiger charge is -2.17. The van der Waals surface area contributed by atoms with Crippen LogP contribution in [0.1, 0.15) is 58.7 Å². The Bertz CT molecular complexity index is 433. The van der Waals surface area contributed by atoms with E-state index in [0.29, 0.717) is 0 Å². The zero-order chi connectivity index (χ0) is 15.1. The van der Waals surface area contributed by atoms with E-state index in [1.165, 1.54) is 19.3 Å². The fraction of sp³-hybridized carbons (Fsp3) is 0.765. The Balaban J connectivity index is 2.00. The van der Waals surface area contributed by atoms with Gasteiger partial charge in [0.25, 0.3) is 0 Å². The van der Waals surface area contributed by atoms with Crippen LogP contribution in [0.4, 0.5) is 11.6 Å². The number of hydrogen-bond acceptors (Lipinski definition) is 4. The second-order valence-corrected chi connectivity index (χ2v) is 6.28. The average Bonchev–Trinajstić information content (AvgIpc) is 2.88. The van der Waals surface area contributed by atoms with Crippen molar-refractivity contribution in [1.29, 1.82) is 0 Å². The second-order valence-electron chi connectivity index (χ2n) is 6.28. The Kier molecular flexibility index (Phi) is 6.27. The highest BCUT2D eigenvalue weighted by Crippen LogP contribution is 2.31. The fourth-order valence-electron chi connectivity index (χ4n) is 3.03. The second kappa shape index (κ2) is 8.20. The molecule has 0 saturated heterocycles. The Hall–Kier alpha value is -1.32. The summed E-state index contributed by atoms with van der Waals surface area (Å²) in [5, 5.41) is 6.92. The molecule has 1 heterocycles. The molecular formula is C17H30N4. The van der Waals surface area contributed by atoms with Gasteiger partial charge in [-0.15, -0.1) is 0 Å². The molecule has 1 aromatic rings. The normalized spacial score (nSPS) is 21.5. The maximum atomic E-state index is 4.65. The first-order valence-electron chi connectivity index (χ1n) is 8.58. The summed E-state index contributed by atoms with van der Waals surface area (Å²) in [5.74, 6) is 4.51. The van der Waals surface area contributed by atoms with Crippen molar-refractivity contribution in [2.24, 2.45) is 11.8 Å². The van der Waals surface area contributed by atoms with Crippen LogP contribution in [0.2, 0.25) is 0 Å². The van der Waals surface area contributed by atoms with Crippen LogP contribution in [-0.2, 0) is 6.42 Å². The SMILES string of the molecule is CCCNc1cc(NCC2CCCC2C)nc(CCC)n1. The van der Waals surface area contributed by atoms with Crippen LogP contribution in [0.15, 0.2) is 6.07 Å². The van der Waals surface area contributed by atoms with E-state index in [1.807, 2.05) is 0 Å². The first kappa shape index (κ1) is 16.1. The van der Waals surface area contributed by atoms with Crippen molar-refractivity contribution < 1.29 is 0 Å². The van der Waals surface area contributed by atoms with Crippen LogP contribution in [0.5, 0.6) is 0 Å². The minimum absolute atomic E-state index is 0.793. The van der Waals surface area contributed by atoms with Crippen LogP contribution in [-0.4, -0.2) is 23.1 Å². The molecule has 1 aliphatic rings. The molecule has 1 saturated carbocycles. The average molecular weight is 290 g/mol. The first-order chi connectivity index (χ1) is 10.2. The third kappa shape index (κ3) is 4.87. The minimum atomic E-state index is 0.793. The molecule has 0 amide bonds. The molecule has 0 radical (unpaired) electrons. The maximum Gasteiger partial charge on any atom is 0.133 e. The summed E-state index contributed by atoms with van der Waals surface area (Å²) in [4.78, 5) is 9.25. The van der Waals surface area contributed by atoms with Crippen molar-refractivity contribution in [3.63, 3.8) is 0 Å². The molecule has 1 aliphatic carbocycles. The third-order valence-electron chi connectivity index (χ3n) is 4.39. The molecule has 0 bridgehead atoms. The first-order valence-corrected chi connectivity index (χ1v) is 8.58. The van der Waals surface area contributed by atoms with Crippen LogP contribution in [0.25, 0.3) is 0 Å². The van der Waals surface area contributed by atoms with Gasteiger partial charge in [-0.2, -0.15) is 0 Å². The molecule has 0 aromatic carbocycles. The molecule has 4 nitrogen and oxygen atoms in total. The quantitative estimate of drug-likeness (QED) is 0.757. The summed E-state index contributed by atoms with van der Waals surface area (Å²) in [5.41, 5.74) is 0. The number of aryl methyl sites for hydroxylation is 1. The lowest BCUT2D eigenvalue weighted by atomic mass is 9.98. The van der Waals surface area contributed by atoms with E-state index in [-0.39, 0.29) is 0 Å². The molecule has 21 heavy (non-hydrogen) atoms. The van der Waals surface area contributed by atoms with Crippen molar-refractivity contribution in [2.75, 3.05) is 23.7 Å². The molecule has 1 aromatic heterocycles. The fourth-order valence-corrected chi connectivity index (χ4v) is 3.03. The summed E-state index contributed by atoms with van der Waals surface area (Å²) < 4.78 is 0. The van der Waals surface area contributed by atoms with E-state index in [2.05, 4.69) is 47.4 Å². The van der Waals surface area contributed by atoms with E-state index in [9.17, 15) is 0 Å². The predicted molar refractivity (Wildman–Crippen MR) is 89.8 cm³/mol. The van der Waals surface area contributed by atoms with Crippen molar-refractivity contribution >= 4 is 11.6 Å². The van der Waals surface area contributed by atoms with Gasteiger partial charge in [-0.05, 0) is 31.1 Å². The van der Waals surface area contributed by atoms with Gasteiger partial charge in [-0.1, -0.05) is 33.6 Å². The summed E-state index contributed by atoms with van der Waals surface area (Å²) in [6, 6.07) is 2.05. The summed E-state index contributed by atoms with van der Waals surface area (Å²) in [7, 11) is 0. The lowest BCUT2D eigenvalue weighted by molar-refractivity contribution is 0.439. The highest BCUT2D eigenvalue weighted by Gasteiger charge is 2.23. The molecule has 0 aliphatic heterocycles. The number of nitrogens with one attached hydrogen (secondary N) is 2. The Morgan fingerprint density at radius 2 is 1.86 bits per heavy atom. The number of nitrogens with zero attached hydrogens (tertiary/aromatic N) is 2. The van der Waals surface area contributed by atoms with Crippen LogP contribution < -0.4 is 10.6 Å². The number of anilines is 2. The number of hydrogen-bond donors (Lipinski definition) is 2. The lowest BCUT2D eigenvalue weighted by Crippen LogP contribution is -2.18. The highest BCUT2D eigenvalue weighted by molar-refractivity contribution is 5.47. The van der Waals surface area contributed by atoms with Gasteiger partial charge in [0.05, 0.1) is 0 Å². The molecule has 2 rings (SSSR count). The molecule has 118 valence electrons. The predicted octanol–water partition coefficient (Wildman–Crippen LogP) is 4.10. The Labute approximate surface area is 129 Å². The topological polar surface area (TPSA) is 49.8 Å². The molecule has 2 atom stereocenters. The number of rotatable bonds is 8. The van der Waals surface area contributed by atoms with Gasteiger partial charge in [-0.3, -0.25) is 0 Å². The van der Waals surface area contributed by atoms with Crippen molar-refractivity contribution in [3.05, 3.63) is 11.9 Å². The molecule has 0 spiro atoms. The molecule has 2 N–H and O–H groups in total. The van der Waals surface area contributed by atoms with E-state index in [1.54, 1.807) is 0 Å². The molecule has 4 heteroatoms. The van der Waals surface area contributed by atoms with Gasteiger partial charge < -0.3 is 10.6 Å². The van der Waals surface area contributed by atoms with Crippen molar-refractivity contribution in [1.82, 2.24) is 9.97 Å². The minimum Gasteiger partial charge on any atom is -0.370 e. The maximum absolute atomic E-state index is 4.65. The smallest absolute Gasteiger partial charge is 0.133 e. The zero-order valence-corrected chi connectivity index (χ0v) is 13.8. The van der Waals surface area contributed by atoms with E-state index in [0.717, 1.165) is 61.6 Å². The highest BCUT2D eigenvalue weighted by atomic mass is 15.1. The molecule has 2 unspecified atom stereocenters. The summed E-state index contributed by atoms with van der Waals surface area (Å²) in [6.07, 6.45) is 7.23. The van der Waals surface area contributed by atoms with Gasteiger partial charge in [0.2, 0.25) is 0 Å². The van der Waals surface area contributed by atoms with Gasteiger partial charge in [0.15, 0.2) is 0 Å². The Morgan fingerprint density at radius 1 is 1.10 bits per heavy atom. The Morgan fingerprint density at radius 3 is 2.48 bits per heavy atom. The van der Waals surface area contributed by atoms with Crippen LogP contribution in [0.3, 0.4) is 0 Å². The summed E-state index contributed by atoms with van der Waals surface area (Å²) in [6.45, 7) is 8.71. The third-order valence-corrected chi connectivity index (χ3v) is 4.39. The van der Waals surface area contributed by atoms with Crippen LogP contribution >= 0.6 is 0 Å². The van der Waals surface area contributed by atoms with Crippen LogP contribution in [0, 0.1) is 11.8 Å². The molecule has 1 fully saturated rings. The van der Waals surface area contributed by atoms with Crippen molar-refractivity contribution in [3.8, 4) is 0 Å². The zero-order valence-electron chi connectivity index (χ0n) is 13.8. The van der Waals surface area contributed by atoms with Gasteiger partial charge in [-0.25, -0.2) is 9.97 Å². The van der Waals surface area contributed by atoms with Gasteiger partial charge >= 0.3 is 0 Å². The summed E-state index contributed by atoms with van der Waals surface area (Å²) >= 11 is 0. The van der Waals surface area contributed by atoms with Gasteiger partial charge in [0, 0.05) is 25.6 Å². The van der Waals surface area contributed by atoms with Crippen molar-refractivity contribution in [2.45, 2.75) is 59.3 Å². The monoisotopic (exact) mass is 290 g/mol. The van der Waals surface area contributed by atoms with E-state index in [4.69, 9.17) is 0 Å². The number of aromatic nitrogens is 2. The molecular weight excluding hydrogens is 260 g/mol. The standard InChI is InChI=1S/C17H30N4/c1-4-7-15-20-16(18-10-5-2)11-17(21-15)19-12-14-9-6-8-13(14)3/h11,13-14H,4-10,12H2,1-3H3,(H2,18,19,20,21). The largest absolute Gasteiger partial charge is 0.370 e. The van der Waals surface area contributed by atoms with E-state index >= 15 is 0 Å².